The molecule has 0 aromatic heterocycles. The molecule has 106 valence electrons. The van der Waals surface area contributed by atoms with Crippen LogP contribution in [0.1, 0.15) is 38.2 Å². The van der Waals surface area contributed by atoms with E-state index in [9.17, 15) is 0 Å². The van der Waals surface area contributed by atoms with Gasteiger partial charge in [0.05, 0.1) is 26.7 Å². The summed E-state index contributed by atoms with van der Waals surface area (Å²) >= 11 is 0. The first-order valence-electron chi connectivity index (χ1n) is 7.68. The van der Waals surface area contributed by atoms with Gasteiger partial charge in [-0.25, -0.2) is 0 Å². The van der Waals surface area contributed by atoms with E-state index in [0.29, 0.717) is 0 Å². The zero-order valence-corrected chi connectivity index (χ0v) is 12.8. The van der Waals surface area contributed by atoms with E-state index in [0.717, 1.165) is 11.0 Å². The molecule has 0 N–H and O–H groups in total. The summed E-state index contributed by atoms with van der Waals surface area (Å²) in [4.78, 5) is 0. The number of nitrogens with zero attached hydrogens (tertiary/aromatic N) is 1. The number of rotatable bonds is 10. The molecule has 1 atom stereocenters. The molecule has 0 fully saturated rings. The molecule has 1 heteroatoms. The molecule has 1 aromatic carbocycles. The zero-order valence-electron chi connectivity index (χ0n) is 12.8. The van der Waals surface area contributed by atoms with Crippen molar-refractivity contribution in [2.45, 2.75) is 39.0 Å². The molecule has 0 amide bonds. The Morgan fingerprint density at radius 2 is 1.79 bits per heavy atom. The van der Waals surface area contributed by atoms with Crippen molar-refractivity contribution < 1.29 is 4.48 Å². The second kappa shape index (κ2) is 8.92. The SMILES string of the molecule is C=CC[N+](C)(CCCCCC)CCc1ccccc1. The average molecular weight is 260 g/mol. The van der Waals surface area contributed by atoms with Crippen LogP contribution in [0.4, 0.5) is 0 Å². The number of hydrogen-bond donors (Lipinski definition) is 0. The average Bonchev–Trinajstić information content (AvgIpc) is 2.43. The number of likely N-dealkylation sites (N-methyl/N-ethyl adjacent to an activating group) is 1. The van der Waals surface area contributed by atoms with E-state index in [-0.39, 0.29) is 0 Å². The van der Waals surface area contributed by atoms with Crippen molar-refractivity contribution in [1.82, 2.24) is 0 Å². The molecule has 0 radical (unpaired) electrons. The van der Waals surface area contributed by atoms with E-state index in [2.05, 4.69) is 57.0 Å². The van der Waals surface area contributed by atoms with Crippen LogP contribution in [0.25, 0.3) is 0 Å². The van der Waals surface area contributed by atoms with Crippen molar-refractivity contribution in [2.24, 2.45) is 0 Å². The van der Waals surface area contributed by atoms with Crippen molar-refractivity contribution >= 4 is 0 Å². The van der Waals surface area contributed by atoms with Gasteiger partial charge in [0.1, 0.15) is 0 Å². The summed E-state index contributed by atoms with van der Waals surface area (Å²) in [6.45, 7) is 9.77. The molecular formula is C18H30N+. The van der Waals surface area contributed by atoms with Gasteiger partial charge in [0, 0.05) is 6.42 Å². The van der Waals surface area contributed by atoms with Crippen LogP contribution in [0, 0.1) is 0 Å². The molecule has 0 heterocycles. The molecule has 0 aliphatic rings. The minimum atomic E-state index is 1.08. The molecule has 1 unspecified atom stereocenters. The summed E-state index contributed by atoms with van der Waals surface area (Å²) in [6.07, 6.45) is 8.63. The summed E-state index contributed by atoms with van der Waals surface area (Å²) in [5.74, 6) is 0. The minimum Gasteiger partial charge on any atom is -0.323 e. The molecule has 19 heavy (non-hydrogen) atoms. The third-order valence-corrected chi connectivity index (χ3v) is 3.90. The normalized spacial score (nSPS) is 14.0. The van der Waals surface area contributed by atoms with Gasteiger partial charge in [-0.2, -0.15) is 0 Å². The molecule has 0 aliphatic carbocycles. The molecule has 1 rings (SSSR count). The van der Waals surface area contributed by atoms with E-state index >= 15 is 0 Å². The predicted octanol–water partition coefficient (Wildman–Crippen LogP) is 4.44. The maximum atomic E-state index is 3.93. The molecule has 0 saturated heterocycles. The van der Waals surface area contributed by atoms with Crippen LogP contribution in [0.15, 0.2) is 43.0 Å². The first kappa shape index (κ1) is 16.0. The second-order valence-electron chi connectivity index (χ2n) is 5.83. The van der Waals surface area contributed by atoms with Crippen LogP contribution in [0.5, 0.6) is 0 Å². The third kappa shape index (κ3) is 6.58. The van der Waals surface area contributed by atoms with Crippen LogP contribution in [-0.2, 0) is 6.42 Å². The first-order valence-corrected chi connectivity index (χ1v) is 7.68. The molecule has 0 spiro atoms. The number of benzene rings is 1. The third-order valence-electron chi connectivity index (χ3n) is 3.90. The topological polar surface area (TPSA) is 0 Å². The molecule has 0 aliphatic heterocycles. The monoisotopic (exact) mass is 260 g/mol. The Bertz CT molecular complexity index is 344. The quantitative estimate of drug-likeness (QED) is 0.331. The number of hydrogen-bond acceptors (Lipinski definition) is 0. The van der Waals surface area contributed by atoms with E-state index < -0.39 is 0 Å². The van der Waals surface area contributed by atoms with Gasteiger partial charge in [0.2, 0.25) is 0 Å². The molecular weight excluding hydrogens is 230 g/mol. The Kier molecular flexibility index (Phi) is 7.50. The Hall–Kier alpha value is -1.08. The maximum absolute atomic E-state index is 3.93. The van der Waals surface area contributed by atoms with Crippen LogP contribution < -0.4 is 0 Å². The second-order valence-corrected chi connectivity index (χ2v) is 5.83. The van der Waals surface area contributed by atoms with Gasteiger partial charge in [-0.15, -0.1) is 0 Å². The first-order chi connectivity index (χ1) is 9.20. The lowest BCUT2D eigenvalue weighted by Crippen LogP contribution is -2.46. The Morgan fingerprint density at radius 3 is 2.42 bits per heavy atom. The fourth-order valence-corrected chi connectivity index (χ4v) is 2.57. The summed E-state index contributed by atoms with van der Waals surface area (Å²) < 4.78 is 1.13. The van der Waals surface area contributed by atoms with Crippen LogP contribution in [0.2, 0.25) is 0 Å². The van der Waals surface area contributed by atoms with Gasteiger partial charge in [-0.3, -0.25) is 0 Å². The molecule has 0 saturated carbocycles. The van der Waals surface area contributed by atoms with Crippen LogP contribution >= 0.6 is 0 Å². The number of quaternary nitrogens is 1. The Labute approximate surface area is 119 Å². The molecule has 0 bridgehead atoms. The predicted molar refractivity (Wildman–Crippen MR) is 85.3 cm³/mol. The summed E-state index contributed by atoms with van der Waals surface area (Å²) in [6, 6.07) is 10.8. The summed E-state index contributed by atoms with van der Waals surface area (Å²) in [7, 11) is 2.37. The Balaban J connectivity index is 2.43. The van der Waals surface area contributed by atoms with Crippen molar-refractivity contribution in [2.75, 3.05) is 26.7 Å². The van der Waals surface area contributed by atoms with Gasteiger partial charge >= 0.3 is 0 Å². The highest BCUT2D eigenvalue weighted by Gasteiger charge is 2.18. The highest BCUT2D eigenvalue weighted by molar-refractivity contribution is 5.14. The van der Waals surface area contributed by atoms with E-state index in [1.807, 2.05) is 0 Å². The summed E-state index contributed by atoms with van der Waals surface area (Å²) in [5.41, 5.74) is 1.45. The van der Waals surface area contributed by atoms with E-state index in [1.165, 1.54) is 50.8 Å². The maximum Gasteiger partial charge on any atom is 0.0969 e. The fourth-order valence-electron chi connectivity index (χ4n) is 2.57. The van der Waals surface area contributed by atoms with Gasteiger partial charge in [-0.05, 0) is 24.5 Å². The van der Waals surface area contributed by atoms with E-state index in [1.54, 1.807) is 0 Å². The van der Waals surface area contributed by atoms with Crippen LogP contribution in [0.3, 0.4) is 0 Å². The lowest BCUT2D eigenvalue weighted by molar-refractivity contribution is -0.904. The van der Waals surface area contributed by atoms with Crippen molar-refractivity contribution in [3.63, 3.8) is 0 Å². The molecule has 1 aromatic rings. The smallest absolute Gasteiger partial charge is 0.0969 e. The zero-order chi connectivity index (χ0) is 14.0. The van der Waals surface area contributed by atoms with Gasteiger partial charge in [0.25, 0.3) is 0 Å². The van der Waals surface area contributed by atoms with Crippen LogP contribution in [-0.4, -0.2) is 31.2 Å². The van der Waals surface area contributed by atoms with E-state index in [4.69, 9.17) is 0 Å². The van der Waals surface area contributed by atoms with Gasteiger partial charge in [0.15, 0.2) is 0 Å². The fraction of sp³-hybridized carbons (Fsp3) is 0.556. The van der Waals surface area contributed by atoms with Crippen molar-refractivity contribution in [3.05, 3.63) is 48.6 Å². The van der Waals surface area contributed by atoms with Crippen molar-refractivity contribution in [1.29, 1.82) is 0 Å². The number of unbranched alkanes of at least 4 members (excludes halogenated alkanes) is 3. The lowest BCUT2D eigenvalue weighted by Gasteiger charge is -2.34. The van der Waals surface area contributed by atoms with Gasteiger partial charge in [-0.1, -0.05) is 56.7 Å². The Morgan fingerprint density at radius 1 is 1.05 bits per heavy atom. The largest absolute Gasteiger partial charge is 0.323 e. The van der Waals surface area contributed by atoms with Crippen molar-refractivity contribution in [3.8, 4) is 0 Å². The lowest BCUT2D eigenvalue weighted by atomic mass is 10.1. The summed E-state index contributed by atoms with van der Waals surface area (Å²) in [5, 5.41) is 0. The standard InChI is InChI=1S/C18H30N/c1-4-6-7-11-16-19(3,15-5-2)17-14-18-12-9-8-10-13-18/h5,8-10,12-13H,2,4,6-7,11,14-17H2,1,3H3/q+1. The minimum absolute atomic E-state index is 1.08. The van der Waals surface area contributed by atoms with Gasteiger partial charge < -0.3 is 4.48 Å². The highest BCUT2D eigenvalue weighted by atomic mass is 15.3. The highest BCUT2D eigenvalue weighted by Crippen LogP contribution is 2.11. The molecule has 1 nitrogen and oxygen atoms in total.